The summed E-state index contributed by atoms with van der Waals surface area (Å²) < 4.78 is 0. The highest BCUT2D eigenvalue weighted by Gasteiger charge is 2.60. The Morgan fingerprint density at radius 1 is 0.853 bits per heavy atom. The highest BCUT2D eigenvalue weighted by atomic mass is 16.2. The number of nitrogens with one attached hydrogen (secondary N) is 1. The molecule has 1 aliphatic heterocycles. The summed E-state index contributed by atoms with van der Waals surface area (Å²) in [6.07, 6.45) is 12.5. The highest BCUT2D eigenvalue weighted by Crippen LogP contribution is 2.53. The Labute approximate surface area is 199 Å². The van der Waals surface area contributed by atoms with Gasteiger partial charge in [0.1, 0.15) is 0 Å². The van der Waals surface area contributed by atoms with Crippen LogP contribution in [0.5, 0.6) is 0 Å². The summed E-state index contributed by atoms with van der Waals surface area (Å²) in [7, 11) is 0. The number of rotatable bonds is 5. The van der Waals surface area contributed by atoms with Crippen molar-refractivity contribution in [2.45, 2.75) is 44.6 Å². The van der Waals surface area contributed by atoms with Crippen LogP contribution in [-0.2, 0) is 20.8 Å². The summed E-state index contributed by atoms with van der Waals surface area (Å²) in [6.45, 7) is 0. The number of carbonyl (C=O) groups excluding carboxylic acids is 3. The molecule has 4 atom stereocenters. The fourth-order valence-corrected chi connectivity index (χ4v) is 6.57. The number of carbonyl (C=O) groups is 3. The monoisotopic (exact) mass is 455 g/mol. The van der Waals surface area contributed by atoms with Gasteiger partial charge in [0.05, 0.1) is 11.8 Å². The van der Waals surface area contributed by atoms with E-state index in [2.05, 4.69) is 22.5 Å². The average Bonchev–Trinajstić information content (AvgIpc) is 3.55. The van der Waals surface area contributed by atoms with Gasteiger partial charge in [-0.15, -0.1) is 0 Å². The van der Waals surface area contributed by atoms with Crippen LogP contribution in [0.25, 0.3) is 0 Å². The number of likely N-dealkylation sites (tertiary alicyclic amines) is 1. The Balaban J connectivity index is 1.03. The molecule has 4 aliphatic rings. The molecular formula is C28H29N3O3. The van der Waals surface area contributed by atoms with Crippen molar-refractivity contribution in [2.75, 3.05) is 5.32 Å². The van der Waals surface area contributed by atoms with Gasteiger partial charge in [-0.3, -0.25) is 24.3 Å². The van der Waals surface area contributed by atoms with E-state index in [0.717, 1.165) is 18.5 Å². The second kappa shape index (κ2) is 8.49. The molecule has 3 fully saturated rings. The SMILES string of the molecule is O=C(Nc1ccc(Cc2ccncc2)cc1)C1CCC(N2C(=O)[C@H]3[C@H](C2=O)[C@H]2C=C[C@H]3C2)CC1. The number of pyridine rings is 1. The first-order valence-corrected chi connectivity index (χ1v) is 12.4. The van der Waals surface area contributed by atoms with E-state index in [9.17, 15) is 14.4 Å². The van der Waals surface area contributed by atoms with Gasteiger partial charge in [0, 0.05) is 30.0 Å². The molecule has 3 aliphatic carbocycles. The van der Waals surface area contributed by atoms with Crippen molar-refractivity contribution >= 4 is 23.4 Å². The van der Waals surface area contributed by atoms with Gasteiger partial charge < -0.3 is 5.32 Å². The lowest BCUT2D eigenvalue weighted by Crippen LogP contribution is -2.44. The number of hydrogen-bond acceptors (Lipinski definition) is 4. The number of imide groups is 1. The van der Waals surface area contributed by atoms with E-state index in [1.165, 1.54) is 11.1 Å². The molecule has 34 heavy (non-hydrogen) atoms. The molecule has 1 aromatic carbocycles. The molecule has 0 radical (unpaired) electrons. The van der Waals surface area contributed by atoms with Crippen molar-refractivity contribution in [2.24, 2.45) is 29.6 Å². The summed E-state index contributed by atoms with van der Waals surface area (Å²) in [4.78, 5) is 44.7. The summed E-state index contributed by atoms with van der Waals surface area (Å²) >= 11 is 0. The average molecular weight is 456 g/mol. The lowest BCUT2D eigenvalue weighted by molar-refractivity contribution is -0.144. The summed E-state index contributed by atoms with van der Waals surface area (Å²) in [5.74, 6) is 0.231. The van der Waals surface area contributed by atoms with Crippen LogP contribution < -0.4 is 5.32 Å². The van der Waals surface area contributed by atoms with Gasteiger partial charge in [-0.25, -0.2) is 0 Å². The van der Waals surface area contributed by atoms with Gasteiger partial charge in [0.15, 0.2) is 0 Å². The van der Waals surface area contributed by atoms with Crippen LogP contribution in [0.15, 0.2) is 60.9 Å². The van der Waals surface area contributed by atoms with E-state index in [-0.39, 0.29) is 53.4 Å². The molecule has 6 heteroatoms. The van der Waals surface area contributed by atoms with E-state index in [4.69, 9.17) is 0 Å². The smallest absolute Gasteiger partial charge is 0.233 e. The molecule has 2 saturated carbocycles. The van der Waals surface area contributed by atoms with Gasteiger partial charge in [-0.1, -0.05) is 24.3 Å². The third-order valence-corrected chi connectivity index (χ3v) is 8.32. The van der Waals surface area contributed by atoms with Crippen molar-refractivity contribution in [3.05, 3.63) is 72.1 Å². The predicted octanol–water partition coefficient (Wildman–Crippen LogP) is 3.98. The maximum atomic E-state index is 13.1. The third-order valence-electron chi connectivity index (χ3n) is 8.32. The van der Waals surface area contributed by atoms with E-state index in [1.54, 1.807) is 17.3 Å². The van der Waals surface area contributed by atoms with Gasteiger partial charge in [0.2, 0.25) is 17.7 Å². The number of fused-ring (bicyclic) bond motifs is 5. The minimum atomic E-state index is -0.134. The Kier molecular flexibility index (Phi) is 5.31. The predicted molar refractivity (Wildman–Crippen MR) is 127 cm³/mol. The molecule has 2 heterocycles. The van der Waals surface area contributed by atoms with Crippen LogP contribution >= 0.6 is 0 Å². The first-order chi connectivity index (χ1) is 16.6. The van der Waals surface area contributed by atoms with Gasteiger partial charge in [-0.2, -0.15) is 0 Å². The van der Waals surface area contributed by atoms with Gasteiger partial charge in [0.25, 0.3) is 0 Å². The first kappa shape index (κ1) is 21.3. The molecule has 3 amide bonds. The van der Waals surface area contributed by atoms with Crippen LogP contribution in [0.1, 0.15) is 43.2 Å². The van der Waals surface area contributed by atoms with Crippen LogP contribution in [0.3, 0.4) is 0 Å². The number of anilines is 1. The zero-order valence-electron chi connectivity index (χ0n) is 19.1. The van der Waals surface area contributed by atoms with E-state index >= 15 is 0 Å². The molecule has 6 nitrogen and oxygen atoms in total. The van der Waals surface area contributed by atoms with Crippen molar-refractivity contribution in [3.8, 4) is 0 Å². The molecule has 0 unspecified atom stereocenters. The van der Waals surface area contributed by atoms with Crippen molar-refractivity contribution in [1.82, 2.24) is 9.88 Å². The second-order valence-corrected chi connectivity index (χ2v) is 10.3. The maximum Gasteiger partial charge on any atom is 0.233 e. The van der Waals surface area contributed by atoms with Gasteiger partial charge in [-0.05, 0) is 85.8 Å². The molecule has 1 saturated heterocycles. The Morgan fingerprint density at radius 2 is 1.44 bits per heavy atom. The first-order valence-electron chi connectivity index (χ1n) is 12.4. The summed E-state index contributed by atoms with van der Waals surface area (Å²) in [6, 6.07) is 11.9. The standard InChI is InChI=1S/C28H29N3O3/c32-26(30-22-7-1-17(2-8-22)15-18-11-13-29-14-12-18)19-5-9-23(10-6-19)31-27(33)24-20-3-4-21(16-20)25(24)28(31)34/h1-4,7-8,11-14,19-21,23-25H,5-6,9-10,15-16H2,(H,30,32)/t19?,20-,21-,23?,24+,25+/m0/s1. The van der Waals surface area contributed by atoms with Gasteiger partial charge >= 0.3 is 0 Å². The molecule has 2 bridgehead atoms. The Hall–Kier alpha value is -3.28. The Morgan fingerprint density at radius 3 is 2.06 bits per heavy atom. The quantitative estimate of drug-likeness (QED) is 0.546. The molecule has 174 valence electrons. The van der Waals surface area contributed by atoms with E-state index in [1.807, 2.05) is 36.4 Å². The summed E-state index contributed by atoms with van der Waals surface area (Å²) in [5.41, 5.74) is 3.18. The summed E-state index contributed by atoms with van der Waals surface area (Å²) in [5, 5.41) is 3.05. The molecule has 6 rings (SSSR count). The lowest BCUT2D eigenvalue weighted by Gasteiger charge is -2.33. The number of allylic oxidation sites excluding steroid dienone is 2. The van der Waals surface area contributed by atoms with Crippen LogP contribution in [0.4, 0.5) is 5.69 Å². The molecule has 2 aromatic rings. The minimum absolute atomic E-state index is 0.0264. The van der Waals surface area contributed by atoms with Crippen molar-refractivity contribution in [1.29, 1.82) is 0 Å². The molecule has 1 N–H and O–H groups in total. The van der Waals surface area contributed by atoms with Crippen LogP contribution in [0, 0.1) is 29.6 Å². The molecule has 0 spiro atoms. The maximum absolute atomic E-state index is 13.1. The zero-order chi connectivity index (χ0) is 23.2. The van der Waals surface area contributed by atoms with E-state index < -0.39 is 0 Å². The molecular weight excluding hydrogens is 426 g/mol. The number of amides is 3. The van der Waals surface area contributed by atoms with E-state index in [0.29, 0.717) is 25.7 Å². The van der Waals surface area contributed by atoms with Crippen molar-refractivity contribution in [3.63, 3.8) is 0 Å². The number of hydrogen-bond donors (Lipinski definition) is 1. The molecule has 1 aromatic heterocycles. The number of nitrogens with zero attached hydrogens (tertiary/aromatic N) is 2. The topological polar surface area (TPSA) is 79.4 Å². The third kappa shape index (κ3) is 3.65. The van der Waals surface area contributed by atoms with Crippen LogP contribution in [0.2, 0.25) is 0 Å². The highest BCUT2D eigenvalue weighted by molar-refractivity contribution is 6.06. The minimum Gasteiger partial charge on any atom is -0.326 e. The number of aromatic nitrogens is 1. The zero-order valence-corrected chi connectivity index (χ0v) is 19.1. The van der Waals surface area contributed by atoms with Crippen molar-refractivity contribution < 1.29 is 14.4 Å². The largest absolute Gasteiger partial charge is 0.326 e. The fraction of sp³-hybridized carbons (Fsp3) is 0.429. The van der Waals surface area contributed by atoms with Crippen LogP contribution in [-0.4, -0.2) is 33.6 Å². The second-order valence-electron chi connectivity index (χ2n) is 10.3. The fourth-order valence-electron chi connectivity index (χ4n) is 6.57. The lowest BCUT2D eigenvalue weighted by atomic mass is 9.84. The number of benzene rings is 1. The Bertz CT molecular complexity index is 1110. The normalized spacial score (nSPS) is 31.7.